The number of methoxy groups -OCH3 is 1. The zero-order valence-corrected chi connectivity index (χ0v) is 20.7. The van der Waals surface area contributed by atoms with Crippen LogP contribution in [0, 0.1) is 17.8 Å². The zero-order valence-electron chi connectivity index (χ0n) is 19.9. The molecule has 3 rings (SSSR count). The number of hydrogen-bond acceptors (Lipinski definition) is 3. The molecule has 0 spiro atoms. The normalized spacial score (nSPS) is 28.1. The fraction of sp³-hybridized carbons (Fsp3) is 0.720. The summed E-state index contributed by atoms with van der Waals surface area (Å²) < 4.78 is 87.1. The summed E-state index contributed by atoms with van der Waals surface area (Å²) in [5, 5.41) is 8.14. The van der Waals surface area contributed by atoms with Crippen LogP contribution in [-0.4, -0.2) is 17.5 Å². The molecule has 0 heterocycles. The minimum absolute atomic E-state index is 0.0796. The number of alkyl halides is 6. The van der Waals surface area contributed by atoms with Gasteiger partial charge >= 0.3 is 17.7 Å². The highest BCUT2D eigenvalue weighted by Gasteiger charge is 2.52. The Morgan fingerprint density at radius 2 is 1.51 bits per heavy atom. The molecule has 0 atom stereocenters. The Morgan fingerprint density at radius 3 is 1.97 bits per heavy atom. The third-order valence-electron chi connectivity index (χ3n) is 7.82. The fourth-order valence-electron chi connectivity index (χ4n) is 6.24. The van der Waals surface area contributed by atoms with Gasteiger partial charge in [-0.3, -0.25) is 0 Å². The highest BCUT2D eigenvalue weighted by molar-refractivity contribution is 8.14. The van der Waals surface area contributed by atoms with Gasteiger partial charge < -0.3 is 9.84 Å². The molecule has 0 unspecified atom stereocenters. The van der Waals surface area contributed by atoms with Crippen molar-refractivity contribution < 1.29 is 41.0 Å². The van der Waals surface area contributed by atoms with Gasteiger partial charge in [-0.15, -0.1) is 0 Å². The Hall–Kier alpha value is -1.58. The number of thioether (sulfide) groups is 1. The van der Waals surface area contributed by atoms with E-state index in [1.165, 1.54) is 6.42 Å². The average Bonchev–Trinajstić information content (AvgIpc) is 2.78. The molecule has 0 bridgehead atoms. The summed E-state index contributed by atoms with van der Waals surface area (Å²) in [5.41, 5.74) is -4.35. The van der Waals surface area contributed by atoms with Crippen molar-refractivity contribution in [2.24, 2.45) is 17.8 Å². The van der Waals surface area contributed by atoms with E-state index in [1.54, 1.807) is 0 Å². The third kappa shape index (κ3) is 6.23. The Morgan fingerprint density at radius 1 is 0.971 bits per heavy atom. The molecule has 0 amide bonds. The first-order valence-electron chi connectivity index (χ1n) is 12.1. The Kier molecular flexibility index (Phi) is 8.65. The summed E-state index contributed by atoms with van der Waals surface area (Å²) in [6, 6.07) is 1.85. The van der Waals surface area contributed by atoms with Crippen LogP contribution in [0.15, 0.2) is 12.1 Å². The predicted molar refractivity (Wildman–Crippen MR) is 123 cm³/mol. The quantitative estimate of drug-likeness (QED) is 0.376. The Balaban J connectivity index is 1.97. The van der Waals surface area contributed by atoms with Crippen molar-refractivity contribution >= 4 is 17.1 Å². The van der Waals surface area contributed by atoms with E-state index in [0.717, 1.165) is 51.3 Å². The van der Waals surface area contributed by atoms with Gasteiger partial charge in [-0.2, -0.15) is 26.3 Å². The summed E-state index contributed by atoms with van der Waals surface area (Å²) in [7, 11) is 0.882. The number of carbonyl (C=O) groups is 1. The molecular weight excluding hydrogens is 494 g/mol. The largest absolute Gasteiger partial charge is 0.496 e. The van der Waals surface area contributed by atoms with Crippen molar-refractivity contribution in [2.75, 3.05) is 7.11 Å². The van der Waals surface area contributed by atoms with Crippen molar-refractivity contribution in [1.29, 1.82) is 0 Å². The maximum Gasteiger partial charge on any atom is 0.420 e. The van der Waals surface area contributed by atoms with Crippen LogP contribution in [-0.2, 0) is 17.1 Å². The van der Waals surface area contributed by atoms with Gasteiger partial charge in [0.25, 0.3) is 0 Å². The molecule has 2 aliphatic rings. The van der Waals surface area contributed by atoms with Gasteiger partial charge in [0, 0.05) is 0 Å². The van der Waals surface area contributed by atoms with Gasteiger partial charge in [0.1, 0.15) is 11.3 Å². The lowest BCUT2D eigenvalue weighted by molar-refractivity contribution is -0.163. The van der Waals surface area contributed by atoms with Crippen LogP contribution in [0.2, 0.25) is 0 Å². The summed E-state index contributed by atoms with van der Waals surface area (Å²) in [6.45, 7) is 2.16. The molecule has 198 valence electrons. The molecule has 0 saturated heterocycles. The maximum atomic E-state index is 14.2. The van der Waals surface area contributed by atoms with E-state index in [9.17, 15) is 36.2 Å². The van der Waals surface area contributed by atoms with Gasteiger partial charge in [-0.05, 0) is 79.7 Å². The molecule has 1 N–H and O–H groups in total. The number of benzene rings is 1. The zero-order chi connectivity index (χ0) is 26.0. The summed E-state index contributed by atoms with van der Waals surface area (Å²) in [6.07, 6.45) is -2.86. The molecule has 0 aliphatic heterocycles. The van der Waals surface area contributed by atoms with Gasteiger partial charge in [-0.25, -0.2) is 4.79 Å². The monoisotopic (exact) mass is 526 g/mol. The lowest BCUT2D eigenvalue weighted by atomic mass is 9.67. The fourth-order valence-corrected chi connectivity index (χ4v) is 7.29. The summed E-state index contributed by atoms with van der Waals surface area (Å²) in [5.74, 6) is 0.451. The molecule has 3 nitrogen and oxygen atoms in total. The number of rotatable bonds is 6. The van der Waals surface area contributed by atoms with Gasteiger partial charge in [0.05, 0.1) is 17.4 Å². The predicted octanol–water partition coefficient (Wildman–Crippen LogP) is 9.14. The number of halogens is 6. The summed E-state index contributed by atoms with van der Waals surface area (Å²) in [4.78, 5) is 11.7. The minimum Gasteiger partial charge on any atom is -0.496 e. The highest BCUT2D eigenvalue weighted by atomic mass is 32.2. The van der Waals surface area contributed by atoms with Crippen molar-refractivity contribution in [1.82, 2.24) is 0 Å². The highest BCUT2D eigenvalue weighted by Crippen LogP contribution is 2.57. The molecule has 0 aromatic heterocycles. The van der Waals surface area contributed by atoms with E-state index in [2.05, 4.69) is 11.7 Å². The minimum atomic E-state index is -5.34. The van der Waals surface area contributed by atoms with Gasteiger partial charge in [0.2, 0.25) is 0 Å². The van der Waals surface area contributed by atoms with E-state index >= 15 is 0 Å². The number of carboxylic acid groups (broad SMARTS) is 1. The van der Waals surface area contributed by atoms with Crippen LogP contribution in [0.5, 0.6) is 5.75 Å². The lowest BCUT2D eigenvalue weighted by Crippen LogP contribution is -2.36. The average molecular weight is 527 g/mol. The smallest absolute Gasteiger partial charge is 0.420 e. The van der Waals surface area contributed by atoms with Crippen molar-refractivity contribution in [3.63, 3.8) is 0 Å². The second-order valence-corrected chi connectivity index (χ2v) is 11.2. The molecule has 2 aliphatic carbocycles. The molecule has 0 radical (unpaired) electrons. The molecule has 1 aromatic rings. The Bertz CT molecular complexity index is 882. The van der Waals surface area contributed by atoms with E-state index < -0.39 is 44.8 Å². The SMILES string of the molecule is CCCC1CCC(C2CCC(SC(=O)O)(c3ccc(OC)c(C(F)(F)F)c3C(F)(F)F)CC2)CC1. The number of ether oxygens (including phenoxy) is 1. The molecular formula is C25H32F6O3S. The van der Waals surface area contributed by atoms with E-state index in [4.69, 9.17) is 0 Å². The van der Waals surface area contributed by atoms with E-state index in [-0.39, 0.29) is 18.8 Å². The second-order valence-electron chi connectivity index (χ2n) is 9.83. The van der Waals surface area contributed by atoms with Crippen LogP contribution >= 0.6 is 11.8 Å². The van der Waals surface area contributed by atoms with E-state index in [1.807, 2.05) is 0 Å². The third-order valence-corrected chi connectivity index (χ3v) is 9.01. The second kappa shape index (κ2) is 10.8. The first-order chi connectivity index (χ1) is 16.3. The van der Waals surface area contributed by atoms with E-state index in [0.29, 0.717) is 36.4 Å². The molecule has 35 heavy (non-hydrogen) atoms. The van der Waals surface area contributed by atoms with Crippen LogP contribution in [0.4, 0.5) is 31.1 Å². The molecule has 1 aromatic carbocycles. The standard InChI is InChI=1S/C25H32F6O3S/c1-3-4-15-5-7-16(8-6-15)17-11-13-23(14-12-17,35-22(32)33)18-9-10-19(34-2)21(25(29,30)31)20(18)24(26,27)28/h9-10,15-17H,3-8,11-14H2,1-2H3,(H,32,33). The molecule has 2 saturated carbocycles. The topological polar surface area (TPSA) is 46.5 Å². The van der Waals surface area contributed by atoms with Crippen LogP contribution in [0.25, 0.3) is 0 Å². The van der Waals surface area contributed by atoms with Crippen LogP contribution in [0.1, 0.15) is 87.8 Å². The first-order valence-corrected chi connectivity index (χ1v) is 12.9. The van der Waals surface area contributed by atoms with Crippen molar-refractivity contribution in [3.05, 3.63) is 28.8 Å². The lowest BCUT2D eigenvalue weighted by Gasteiger charge is -2.44. The van der Waals surface area contributed by atoms with Crippen molar-refractivity contribution in [3.8, 4) is 5.75 Å². The van der Waals surface area contributed by atoms with Crippen LogP contribution in [0.3, 0.4) is 0 Å². The van der Waals surface area contributed by atoms with Crippen molar-refractivity contribution in [2.45, 2.75) is 88.2 Å². The number of hydrogen-bond donors (Lipinski definition) is 1. The summed E-state index contributed by atoms with van der Waals surface area (Å²) >= 11 is 0.303. The van der Waals surface area contributed by atoms with Gasteiger partial charge in [-0.1, -0.05) is 38.7 Å². The van der Waals surface area contributed by atoms with Gasteiger partial charge in [0.15, 0.2) is 0 Å². The maximum absolute atomic E-state index is 14.2. The van der Waals surface area contributed by atoms with Crippen LogP contribution < -0.4 is 4.74 Å². The molecule has 10 heteroatoms. The molecule has 2 fully saturated rings. The first kappa shape index (κ1) is 28.0. The Labute approximate surface area is 206 Å².